The number of anilines is 1. The molecule has 9 nitrogen and oxygen atoms in total. The number of amides is 1. The Labute approximate surface area is 207 Å². The van der Waals surface area contributed by atoms with E-state index in [4.69, 9.17) is 0 Å². The number of hydrogen-bond acceptors (Lipinski definition) is 6. The molecule has 0 atom stereocenters. The summed E-state index contributed by atoms with van der Waals surface area (Å²) in [6.45, 7) is 1.58. The number of hydrogen-bond donors (Lipinski definition) is 3. The van der Waals surface area contributed by atoms with Crippen LogP contribution in [0.25, 0.3) is 5.69 Å². The largest absolute Gasteiger partial charge is 0.465 e. The van der Waals surface area contributed by atoms with Gasteiger partial charge in [-0.3, -0.25) is 23.7 Å². The highest BCUT2D eigenvalue weighted by atomic mass is 32.3. The highest BCUT2D eigenvalue weighted by molar-refractivity contribution is 8.24. The van der Waals surface area contributed by atoms with Gasteiger partial charge in [-0.05, 0) is 29.8 Å². The van der Waals surface area contributed by atoms with Crippen LogP contribution in [0.2, 0.25) is 0 Å². The minimum Gasteiger partial charge on any atom is -0.465 e. The monoisotopic (exact) mass is 520 g/mol. The summed E-state index contributed by atoms with van der Waals surface area (Å²) in [5.74, 6) is -0.989. The van der Waals surface area contributed by atoms with Gasteiger partial charge in [-0.25, -0.2) is 18.3 Å². The van der Waals surface area contributed by atoms with Crippen molar-refractivity contribution in [1.82, 2.24) is 14.7 Å². The number of rotatable bonds is 7. The summed E-state index contributed by atoms with van der Waals surface area (Å²) < 4.78 is 48.0. The first-order valence-corrected chi connectivity index (χ1v) is 13.1. The fourth-order valence-corrected chi connectivity index (χ4v) is 5.28. The van der Waals surface area contributed by atoms with Crippen molar-refractivity contribution < 1.29 is 27.8 Å². The molecule has 3 aromatic rings. The molecular weight excluding hydrogens is 494 g/mol. The molecular formula is C24H26F2N4O5S. The van der Waals surface area contributed by atoms with Gasteiger partial charge in [0.15, 0.2) is 0 Å². The summed E-state index contributed by atoms with van der Waals surface area (Å²) in [6.07, 6.45) is 0.271. The molecule has 3 N–H and O–H groups in total. The van der Waals surface area contributed by atoms with Gasteiger partial charge in [-0.15, -0.1) is 0 Å². The topological polar surface area (TPSA) is 119 Å². The van der Waals surface area contributed by atoms with Gasteiger partial charge in [-0.1, -0.05) is 12.1 Å². The van der Waals surface area contributed by atoms with E-state index in [1.54, 1.807) is 24.3 Å². The minimum atomic E-state index is -2.53. The maximum atomic E-state index is 13.6. The third kappa shape index (κ3) is 6.46. The number of carbonyl (C=O) groups is 1. The molecule has 1 aliphatic rings. The first-order chi connectivity index (χ1) is 17.1. The SMILES string of the molecule is O=C(O)N(CCN1CCS(O)(O)CC1)c1cccc(Cc2nn(-c3cc(F)cc(F)c3)ccc2=O)c1. The van der Waals surface area contributed by atoms with Crippen molar-refractivity contribution in [2.75, 3.05) is 42.6 Å². The molecule has 2 heterocycles. The fourth-order valence-electron chi connectivity index (χ4n) is 3.98. The van der Waals surface area contributed by atoms with Crippen LogP contribution in [0.4, 0.5) is 19.3 Å². The number of nitrogens with zero attached hydrogens (tertiary/aromatic N) is 4. The summed E-state index contributed by atoms with van der Waals surface area (Å²) in [4.78, 5) is 27.6. The lowest BCUT2D eigenvalue weighted by Gasteiger charge is -2.41. The standard InChI is InChI=1S/C24H26F2N4O5S/c25-18-14-19(26)16-21(15-18)30-5-4-23(31)22(27-30)13-17-2-1-3-20(12-17)29(24(32)33)7-6-28-8-10-36(34,35)11-9-28/h1-5,12,14-16,34-35H,6-11,13H2,(H,32,33). The van der Waals surface area contributed by atoms with Gasteiger partial charge in [0.2, 0.25) is 5.43 Å². The molecule has 0 aliphatic carbocycles. The molecule has 36 heavy (non-hydrogen) atoms. The Morgan fingerprint density at radius 3 is 2.42 bits per heavy atom. The average Bonchev–Trinajstić information content (AvgIpc) is 2.81. The van der Waals surface area contributed by atoms with E-state index >= 15 is 0 Å². The number of aromatic nitrogens is 2. The molecule has 192 valence electrons. The summed E-state index contributed by atoms with van der Waals surface area (Å²) in [5.41, 5.74) is 0.954. The molecule has 0 spiro atoms. The fraction of sp³-hybridized carbons (Fsp3) is 0.292. The summed E-state index contributed by atoms with van der Waals surface area (Å²) >= 11 is 0. The Hall–Kier alpha value is -3.32. The number of benzene rings is 2. The molecule has 1 saturated heterocycles. The van der Waals surface area contributed by atoms with Gasteiger partial charge >= 0.3 is 6.09 Å². The molecule has 1 aliphatic heterocycles. The second-order valence-corrected chi connectivity index (χ2v) is 11.0. The zero-order valence-corrected chi connectivity index (χ0v) is 20.1. The Morgan fingerprint density at radius 1 is 1.06 bits per heavy atom. The Morgan fingerprint density at radius 2 is 1.75 bits per heavy atom. The Kier molecular flexibility index (Phi) is 7.69. The molecule has 0 radical (unpaired) electrons. The molecule has 12 heteroatoms. The predicted octanol–water partition coefficient (Wildman–Crippen LogP) is 3.65. The molecule has 1 amide bonds. The zero-order chi connectivity index (χ0) is 25.9. The van der Waals surface area contributed by atoms with E-state index < -0.39 is 28.3 Å². The van der Waals surface area contributed by atoms with Crippen molar-refractivity contribution in [3.8, 4) is 5.69 Å². The van der Waals surface area contributed by atoms with Gasteiger partial charge in [0.25, 0.3) is 0 Å². The van der Waals surface area contributed by atoms with Crippen LogP contribution in [0.15, 0.2) is 59.5 Å². The van der Waals surface area contributed by atoms with Gasteiger partial charge in [-0.2, -0.15) is 15.7 Å². The molecule has 1 aromatic heterocycles. The van der Waals surface area contributed by atoms with Crippen molar-refractivity contribution in [2.45, 2.75) is 6.42 Å². The highest BCUT2D eigenvalue weighted by Crippen LogP contribution is 2.40. The summed E-state index contributed by atoms with van der Waals surface area (Å²) in [5, 5.41) is 14.0. The maximum Gasteiger partial charge on any atom is 0.411 e. The van der Waals surface area contributed by atoms with Crippen LogP contribution in [0.3, 0.4) is 0 Å². The number of halogens is 2. The molecule has 0 saturated carbocycles. The van der Waals surface area contributed by atoms with Gasteiger partial charge in [0.05, 0.1) is 17.2 Å². The van der Waals surface area contributed by atoms with Crippen molar-refractivity contribution in [3.63, 3.8) is 0 Å². The van der Waals surface area contributed by atoms with E-state index in [2.05, 4.69) is 5.10 Å². The average molecular weight is 521 g/mol. The lowest BCUT2D eigenvalue weighted by Crippen LogP contribution is -2.43. The summed E-state index contributed by atoms with van der Waals surface area (Å²) in [7, 11) is -2.53. The van der Waals surface area contributed by atoms with E-state index in [-0.39, 0.29) is 41.3 Å². The summed E-state index contributed by atoms with van der Waals surface area (Å²) in [6, 6.07) is 10.9. The zero-order valence-electron chi connectivity index (χ0n) is 19.3. The van der Waals surface area contributed by atoms with E-state index in [1.165, 1.54) is 21.8 Å². The molecule has 0 bridgehead atoms. The van der Waals surface area contributed by atoms with E-state index in [0.717, 1.165) is 18.2 Å². The van der Waals surface area contributed by atoms with Crippen LogP contribution in [-0.4, -0.2) is 72.7 Å². The van der Waals surface area contributed by atoms with Crippen LogP contribution < -0.4 is 10.3 Å². The molecule has 0 unspecified atom stereocenters. The molecule has 4 rings (SSSR count). The van der Waals surface area contributed by atoms with E-state index in [9.17, 15) is 32.6 Å². The van der Waals surface area contributed by atoms with Gasteiger partial charge in [0.1, 0.15) is 17.3 Å². The lowest BCUT2D eigenvalue weighted by molar-refractivity contribution is 0.199. The smallest absolute Gasteiger partial charge is 0.411 e. The van der Waals surface area contributed by atoms with Gasteiger partial charge in [0, 0.05) is 56.6 Å². The first kappa shape index (κ1) is 25.8. The van der Waals surface area contributed by atoms with E-state index in [0.29, 0.717) is 30.9 Å². The van der Waals surface area contributed by atoms with E-state index in [1.807, 2.05) is 4.90 Å². The molecule has 1 fully saturated rings. The van der Waals surface area contributed by atoms with Crippen LogP contribution in [0, 0.1) is 11.6 Å². The predicted molar refractivity (Wildman–Crippen MR) is 133 cm³/mol. The number of carboxylic acid groups (broad SMARTS) is 1. The maximum absolute atomic E-state index is 13.6. The van der Waals surface area contributed by atoms with Crippen molar-refractivity contribution in [3.05, 3.63) is 87.8 Å². The highest BCUT2D eigenvalue weighted by Gasteiger charge is 2.23. The molecule has 2 aromatic carbocycles. The quantitative estimate of drug-likeness (QED) is 0.435. The third-order valence-corrected chi connectivity index (χ3v) is 7.60. The first-order valence-electron chi connectivity index (χ1n) is 11.2. The van der Waals surface area contributed by atoms with Crippen molar-refractivity contribution in [1.29, 1.82) is 0 Å². The third-order valence-electron chi connectivity index (χ3n) is 5.93. The second kappa shape index (κ2) is 10.7. The van der Waals surface area contributed by atoms with Gasteiger partial charge < -0.3 is 5.11 Å². The Bertz CT molecular complexity index is 1290. The Balaban J connectivity index is 1.51. The van der Waals surface area contributed by atoms with Crippen molar-refractivity contribution in [2.24, 2.45) is 0 Å². The van der Waals surface area contributed by atoms with Crippen LogP contribution >= 0.6 is 10.6 Å². The van der Waals surface area contributed by atoms with Crippen LogP contribution in [0.5, 0.6) is 0 Å². The lowest BCUT2D eigenvalue weighted by atomic mass is 10.1. The van der Waals surface area contributed by atoms with Crippen molar-refractivity contribution >= 4 is 22.4 Å². The normalized spacial score (nSPS) is 16.4. The second-order valence-electron chi connectivity index (χ2n) is 8.53. The van der Waals surface area contributed by atoms with Crippen LogP contribution in [0.1, 0.15) is 11.3 Å². The van der Waals surface area contributed by atoms with Crippen LogP contribution in [-0.2, 0) is 6.42 Å². The minimum absolute atomic E-state index is 0.0861.